The minimum atomic E-state index is -4.32. The van der Waals surface area contributed by atoms with E-state index in [9.17, 15) is 18.0 Å². The molecule has 1 heterocycles. The second kappa shape index (κ2) is 9.22. The highest BCUT2D eigenvalue weighted by Crippen LogP contribution is 2.30. The van der Waals surface area contributed by atoms with Crippen LogP contribution >= 0.6 is 11.8 Å². The van der Waals surface area contributed by atoms with Gasteiger partial charge in [0.1, 0.15) is 0 Å². The number of benzene rings is 2. The van der Waals surface area contributed by atoms with Crippen molar-refractivity contribution in [1.29, 1.82) is 0 Å². The smallest absolute Gasteiger partial charge is 0.349 e. The van der Waals surface area contributed by atoms with Gasteiger partial charge in [-0.05, 0) is 55.3 Å². The average molecular weight is 423 g/mol. The molecule has 0 atom stereocenters. The second-order valence-electron chi connectivity index (χ2n) is 7.40. The molecule has 29 heavy (non-hydrogen) atoms. The van der Waals surface area contributed by atoms with E-state index in [2.05, 4.69) is 10.2 Å². The van der Waals surface area contributed by atoms with Crippen LogP contribution in [0.25, 0.3) is 0 Å². The molecule has 1 N–H and O–H groups in total. The molecule has 1 aliphatic rings. The van der Waals surface area contributed by atoms with Gasteiger partial charge < -0.3 is 5.32 Å². The number of hydrogen-bond donors (Lipinski definition) is 1. The van der Waals surface area contributed by atoms with Gasteiger partial charge in [0.25, 0.3) is 5.91 Å². The van der Waals surface area contributed by atoms with Crippen molar-refractivity contribution >= 4 is 17.7 Å². The Hall–Kier alpha value is -1.99. The normalized spacial score (nSPS) is 16.0. The predicted octanol–water partition coefficient (Wildman–Crippen LogP) is 5.13. The molecule has 3 nitrogen and oxygen atoms in total. The van der Waals surface area contributed by atoms with Crippen LogP contribution in [0, 0.1) is 6.92 Å². The van der Waals surface area contributed by atoms with Gasteiger partial charge in [-0.3, -0.25) is 9.69 Å². The summed E-state index contributed by atoms with van der Waals surface area (Å²) in [6.07, 6.45) is -0.774. The summed E-state index contributed by atoms with van der Waals surface area (Å²) in [6, 6.07) is 11.5. The second-order valence-corrected chi connectivity index (χ2v) is 8.28. The summed E-state index contributed by atoms with van der Waals surface area (Å²) < 4.78 is 38.6. The lowest BCUT2D eigenvalue weighted by Crippen LogP contribution is -2.44. The third-order valence-electron chi connectivity index (χ3n) is 5.27. The minimum absolute atomic E-state index is 0.0604. The Morgan fingerprint density at radius 1 is 1.17 bits per heavy atom. The van der Waals surface area contributed by atoms with Gasteiger partial charge in [-0.15, -0.1) is 11.8 Å². The highest BCUT2D eigenvalue weighted by Gasteiger charge is 2.30. The van der Waals surface area contributed by atoms with Crippen LogP contribution in [-0.4, -0.2) is 36.2 Å². The van der Waals surface area contributed by atoms with Crippen molar-refractivity contribution < 1.29 is 18.0 Å². The van der Waals surface area contributed by atoms with E-state index in [1.807, 2.05) is 31.4 Å². The molecule has 0 unspecified atom stereocenters. The first kappa shape index (κ1) is 21.7. The van der Waals surface area contributed by atoms with E-state index in [0.29, 0.717) is 17.7 Å². The van der Waals surface area contributed by atoms with Gasteiger partial charge in [0.2, 0.25) is 0 Å². The molecule has 0 saturated carbocycles. The van der Waals surface area contributed by atoms with Crippen LogP contribution in [-0.2, 0) is 12.7 Å². The Morgan fingerprint density at radius 3 is 2.55 bits per heavy atom. The van der Waals surface area contributed by atoms with E-state index < -0.39 is 11.7 Å². The van der Waals surface area contributed by atoms with E-state index >= 15 is 0 Å². The lowest BCUT2D eigenvalue weighted by atomic mass is 10.0. The van der Waals surface area contributed by atoms with Crippen molar-refractivity contribution in [2.24, 2.45) is 0 Å². The molecule has 1 fully saturated rings. The Morgan fingerprint density at radius 2 is 1.90 bits per heavy atom. The summed E-state index contributed by atoms with van der Waals surface area (Å²) in [5, 5.41) is 3.12. The van der Waals surface area contributed by atoms with Crippen LogP contribution in [0.5, 0.6) is 0 Å². The van der Waals surface area contributed by atoms with Gasteiger partial charge >= 0.3 is 6.18 Å². The van der Waals surface area contributed by atoms with Crippen LogP contribution in [0.1, 0.15) is 39.9 Å². The number of nitrogens with one attached hydrogen (secondary N) is 1. The molecule has 7 heteroatoms. The Kier molecular flexibility index (Phi) is 6.90. The minimum Gasteiger partial charge on any atom is -0.349 e. The number of aryl methyl sites for hydroxylation is 1. The topological polar surface area (TPSA) is 32.3 Å². The van der Waals surface area contributed by atoms with Gasteiger partial charge in [0.05, 0.1) is 5.56 Å². The molecule has 1 aliphatic heterocycles. The number of hydrogen-bond acceptors (Lipinski definition) is 3. The van der Waals surface area contributed by atoms with E-state index in [1.54, 1.807) is 17.8 Å². The Labute approximate surface area is 173 Å². The summed E-state index contributed by atoms with van der Waals surface area (Å²) in [5.74, 6) is -0.0604. The molecule has 0 radical (unpaired) electrons. The molecule has 156 valence electrons. The fourth-order valence-electron chi connectivity index (χ4n) is 3.58. The maximum Gasteiger partial charge on any atom is 0.416 e. The Balaban J connectivity index is 1.54. The molecule has 0 aromatic heterocycles. The molecule has 2 aromatic rings. The zero-order valence-electron chi connectivity index (χ0n) is 16.6. The SMILES string of the molecule is CSc1ccc(C)c(C(=O)NC2CCN(Cc3cccc(C(F)(F)F)c3)CC2)c1. The number of rotatable bonds is 5. The molecular formula is C22H25F3N2OS. The number of likely N-dealkylation sites (tertiary alicyclic amines) is 1. The summed E-state index contributed by atoms with van der Waals surface area (Å²) in [6.45, 7) is 3.90. The molecule has 1 amide bonds. The van der Waals surface area contributed by atoms with Crippen LogP contribution in [0.15, 0.2) is 47.4 Å². The van der Waals surface area contributed by atoms with E-state index in [4.69, 9.17) is 0 Å². The molecule has 0 aliphatic carbocycles. The van der Waals surface area contributed by atoms with E-state index in [0.717, 1.165) is 42.5 Å². The first-order valence-electron chi connectivity index (χ1n) is 9.60. The standard InChI is InChI=1S/C22H25F3N2OS/c1-15-6-7-19(29-2)13-20(15)21(28)26-18-8-10-27(11-9-18)14-16-4-3-5-17(12-16)22(23,24)25/h3-7,12-13,18H,8-11,14H2,1-2H3,(H,26,28). The van der Waals surface area contributed by atoms with E-state index in [1.165, 1.54) is 12.1 Å². The van der Waals surface area contributed by atoms with Gasteiger partial charge in [0, 0.05) is 36.1 Å². The van der Waals surface area contributed by atoms with Crippen LogP contribution < -0.4 is 5.32 Å². The number of carbonyl (C=O) groups is 1. The third kappa shape index (κ3) is 5.76. The molecule has 2 aromatic carbocycles. The fourth-order valence-corrected chi connectivity index (χ4v) is 4.02. The van der Waals surface area contributed by atoms with Crippen molar-refractivity contribution in [3.63, 3.8) is 0 Å². The van der Waals surface area contributed by atoms with E-state index in [-0.39, 0.29) is 11.9 Å². The average Bonchev–Trinajstić information content (AvgIpc) is 2.69. The summed E-state index contributed by atoms with van der Waals surface area (Å²) >= 11 is 1.60. The molecular weight excluding hydrogens is 397 g/mol. The lowest BCUT2D eigenvalue weighted by molar-refractivity contribution is -0.137. The number of thioether (sulfide) groups is 1. The quantitative estimate of drug-likeness (QED) is 0.678. The van der Waals surface area contributed by atoms with Crippen LogP contribution in [0.2, 0.25) is 0 Å². The summed E-state index contributed by atoms with van der Waals surface area (Å²) in [7, 11) is 0. The lowest BCUT2D eigenvalue weighted by Gasteiger charge is -2.32. The molecule has 0 spiro atoms. The van der Waals surface area contributed by atoms with Gasteiger partial charge in [-0.25, -0.2) is 0 Å². The van der Waals surface area contributed by atoms with Crippen molar-refractivity contribution in [3.05, 3.63) is 64.7 Å². The number of carbonyl (C=O) groups excluding carboxylic acids is 1. The number of nitrogens with zero attached hydrogens (tertiary/aromatic N) is 1. The highest BCUT2D eigenvalue weighted by atomic mass is 32.2. The maximum atomic E-state index is 12.9. The zero-order valence-corrected chi connectivity index (χ0v) is 17.4. The number of alkyl halides is 3. The first-order valence-corrected chi connectivity index (χ1v) is 10.8. The fraction of sp³-hybridized carbons (Fsp3) is 0.409. The van der Waals surface area contributed by atoms with Gasteiger partial charge in [0.15, 0.2) is 0 Å². The largest absolute Gasteiger partial charge is 0.416 e. The monoisotopic (exact) mass is 422 g/mol. The predicted molar refractivity (Wildman–Crippen MR) is 110 cm³/mol. The number of piperidine rings is 1. The van der Waals surface area contributed by atoms with Crippen molar-refractivity contribution in [2.75, 3.05) is 19.3 Å². The van der Waals surface area contributed by atoms with Gasteiger partial charge in [-0.2, -0.15) is 13.2 Å². The number of amides is 1. The molecule has 3 rings (SSSR count). The summed E-state index contributed by atoms with van der Waals surface area (Å²) in [4.78, 5) is 15.9. The highest BCUT2D eigenvalue weighted by molar-refractivity contribution is 7.98. The molecule has 1 saturated heterocycles. The van der Waals surface area contributed by atoms with Crippen molar-refractivity contribution in [3.8, 4) is 0 Å². The first-order chi connectivity index (χ1) is 13.8. The maximum absolute atomic E-state index is 12.9. The zero-order chi connectivity index (χ0) is 21.0. The molecule has 0 bridgehead atoms. The van der Waals surface area contributed by atoms with Crippen LogP contribution in [0.3, 0.4) is 0 Å². The van der Waals surface area contributed by atoms with Crippen LogP contribution in [0.4, 0.5) is 13.2 Å². The number of halogens is 3. The van der Waals surface area contributed by atoms with Gasteiger partial charge in [-0.1, -0.05) is 24.3 Å². The van der Waals surface area contributed by atoms with Crippen molar-refractivity contribution in [1.82, 2.24) is 10.2 Å². The van der Waals surface area contributed by atoms with Crippen molar-refractivity contribution in [2.45, 2.75) is 43.4 Å². The third-order valence-corrected chi connectivity index (χ3v) is 6.00. The Bertz CT molecular complexity index is 861. The summed E-state index contributed by atoms with van der Waals surface area (Å²) in [5.41, 5.74) is 1.69.